The number of hydrogen-bond acceptors (Lipinski definition) is 4. The Kier molecular flexibility index (Phi) is 3.80. The smallest absolute Gasteiger partial charge is 0.120 e. The van der Waals surface area contributed by atoms with Crippen LogP contribution in [0.4, 0.5) is 5.69 Å². The molecule has 1 atom stereocenters. The first-order valence-corrected chi connectivity index (χ1v) is 7.76. The zero-order valence-corrected chi connectivity index (χ0v) is 13.0. The van der Waals surface area contributed by atoms with Crippen molar-refractivity contribution in [3.05, 3.63) is 53.0 Å². The first kappa shape index (κ1) is 13.9. The van der Waals surface area contributed by atoms with Crippen LogP contribution >= 0.6 is 11.3 Å². The number of benzene rings is 2. The molecule has 3 nitrogen and oxygen atoms in total. The average Bonchev–Trinajstić information content (AvgIpc) is 2.88. The standard InChI is InChI=1S/C17H18N2OS/c1-11(12-3-5-13(18)6-4-12)9-17-19-15-8-7-14(20-2)10-16(15)21-17/h3-8,10-11H,9,18H2,1-2H3. The summed E-state index contributed by atoms with van der Waals surface area (Å²) in [5, 5.41) is 1.16. The van der Waals surface area contributed by atoms with E-state index in [0.29, 0.717) is 5.92 Å². The highest BCUT2D eigenvalue weighted by atomic mass is 32.1. The lowest BCUT2D eigenvalue weighted by molar-refractivity contribution is 0.415. The lowest BCUT2D eigenvalue weighted by Gasteiger charge is -2.10. The summed E-state index contributed by atoms with van der Waals surface area (Å²) in [5.41, 5.74) is 8.87. The summed E-state index contributed by atoms with van der Waals surface area (Å²) in [6, 6.07) is 14.1. The van der Waals surface area contributed by atoms with Crippen molar-refractivity contribution in [1.82, 2.24) is 4.98 Å². The van der Waals surface area contributed by atoms with Gasteiger partial charge < -0.3 is 10.5 Å². The van der Waals surface area contributed by atoms with Crippen LogP contribution in [0.5, 0.6) is 5.75 Å². The number of hydrogen-bond donors (Lipinski definition) is 1. The summed E-state index contributed by atoms with van der Waals surface area (Å²) in [6.07, 6.45) is 0.936. The second-order valence-electron chi connectivity index (χ2n) is 5.21. The minimum atomic E-state index is 0.424. The Bertz CT molecular complexity index is 749. The van der Waals surface area contributed by atoms with Gasteiger partial charge in [-0.05, 0) is 41.8 Å². The van der Waals surface area contributed by atoms with Crippen LogP contribution in [-0.2, 0) is 6.42 Å². The van der Waals surface area contributed by atoms with E-state index in [4.69, 9.17) is 15.5 Å². The largest absolute Gasteiger partial charge is 0.497 e. The molecule has 0 aliphatic carbocycles. The van der Waals surface area contributed by atoms with Gasteiger partial charge in [-0.25, -0.2) is 4.98 Å². The molecule has 0 radical (unpaired) electrons. The van der Waals surface area contributed by atoms with E-state index >= 15 is 0 Å². The molecule has 0 saturated heterocycles. The third kappa shape index (κ3) is 3.00. The topological polar surface area (TPSA) is 48.1 Å². The molecule has 0 amide bonds. The number of anilines is 1. The van der Waals surface area contributed by atoms with Crippen LogP contribution in [0.15, 0.2) is 42.5 Å². The molecule has 4 heteroatoms. The number of nitrogens with two attached hydrogens (primary N) is 1. The minimum absolute atomic E-state index is 0.424. The molecular formula is C17H18N2OS. The van der Waals surface area contributed by atoms with Crippen molar-refractivity contribution in [1.29, 1.82) is 0 Å². The highest BCUT2D eigenvalue weighted by Crippen LogP contribution is 2.29. The molecule has 2 N–H and O–H groups in total. The summed E-state index contributed by atoms with van der Waals surface area (Å²) in [6.45, 7) is 2.22. The highest BCUT2D eigenvalue weighted by Gasteiger charge is 2.11. The monoisotopic (exact) mass is 298 g/mol. The van der Waals surface area contributed by atoms with Crippen LogP contribution in [0, 0.1) is 0 Å². The minimum Gasteiger partial charge on any atom is -0.497 e. The molecule has 0 saturated carbocycles. The molecular weight excluding hydrogens is 280 g/mol. The van der Waals surface area contributed by atoms with Gasteiger partial charge in [0, 0.05) is 12.1 Å². The van der Waals surface area contributed by atoms with Crippen LogP contribution < -0.4 is 10.5 Å². The van der Waals surface area contributed by atoms with E-state index < -0.39 is 0 Å². The molecule has 2 aromatic carbocycles. The highest BCUT2D eigenvalue weighted by molar-refractivity contribution is 7.18. The second-order valence-corrected chi connectivity index (χ2v) is 6.33. The van der Waals surface area contributed by atoms with Crippen molar-refractivity contribution in [2.75, 3.05) is 12.8 Å². The Balaban J connectivity index is 1.82. The number of nitrogens with zero attached hydrogens (tertiary/aromatic N) is 1. The number of rotatable bonds is 4. The van der Waals surface area contributed by atoms with Gasteiger partial charge in [-0.3, -0.25) is 0 Å². The Morgan fingerprint density at radius 2 is 1.95 bits per heavy atom. The molecule has 0 aliphatic rings. The van der Waals surface area contributed by atoms with E-state index in [1.54, 1.807) is 18.4 Å². The Hall–Kier alpha value is -2.07. The van der Waals surface area contributed by atoms with Crippen LogP contribution in [0.2, 0.25) is 0 Å². The third-order valence-corrected chi connectivity index (χ3v) is 4.67. The van der Waals surface area contributed by atoms with Crippen molar-refractivity contribution in [2.45, 2.75) is 19.3 Å². The summed E-state index contributed by atoms with van der Waals surface area (Å²) in [7, 11) is 1.69. The van der Waals surface area contributed by atoms with Crippen molar-refractivity contribution >= 4 is 27.2 Å². The zero-order chi connectivity index (χ0) is 14.8. The van der Waals surface area contributed by atoms with Crippen molar-refractivity contribution in [3.63, 3.8) is 0 Å². The van der Waals surface area contributed by atoms with Gasteiger partial charge in [-0.1, -0.05) is 19.1 Å². The predicted octanol–water partition coefficient (Wildman–Crippen LogP) is 4.23. The van der Waals surface area contributed by atoms with Crippen LogP contribution in [0.25, 0.3) is 10.2 Å². The Morgan fingerprint density at radius 3 is 2.67 bits per heavy atom. The van der Waals surface area contributed by atoms with Crippen molar-refractivity contribution < 1.29 is 4.74 Å². The van der Waals surface area contributed by atoms with E-state index in [1.165, 1.54) is 10.3 Å². The zero-order valence-electron chi connectivity index (χ0n) is 12.2. The molecule has 21 heavy (non-hydrogen) atoms. The molecule has 0 fully saturated rings. The number of nitrogen functional groups attached to an aromatic ring is 1. The first-order chi connectivity index (χ1) is 10.2. The van der Waals surface area contributed by atoms with E-state index in [0.717, 1.165) is 28.4 Å². The SMILES string of the molecule is COc1ccc2nc(CC(C)c3ccc(N)cc3)sc2c1. The van der Waals surface area contributed by atoms with Gasteiger partial charge in [-0.15, -0.1) is 11.3 Å². The maximum Gasteiger partial charge on any atom is 0.120 e. The normalized spacial score (nSPS) is 12.5. The van der Waals surface area contributed by atoms with Gasteiger partial charge >= 0.3 is 0 Å². The number of methoxy groups -OCH3 is 1. The van der Waals surface area contributed by atoms with Crippen LogP contribution in [-0.4, -0.2) is 12.1 Å². The first-order valence-electron chi connectivity index (χ1n) is 6.94. The van der Waals surface area contributed by atoms with E-state index in [9.17, 15) is 0 Å². The number of aromatic nitrogens is 1. The van der Waals surface area contributed by atoms with Gasteiger partial charge in [0.2, 0.25) is 0 Å². The fourth-order valence-electron chi connectivity index (χ4n) is 2.37. The molecule has 0 bridgehead atoms. The maximum atomic E-state index is 5.74. The summed E-state index contributed by atoms with van der Waals surface area (Å²) < 4.78 is 6.44. The fraction of sp³-hybridized carbons (Fsp3) is 0.235. The van der Waals surface area contributed by atoms with Gasteiger partial charge in [-0.2, -0.15) is 0 Å². The van der Waals surface area contributed by atoms with Gasteiger partial charge in [0.25, 0.3) is 0 Å². The molecule has 1 heterocycles. The number of ether oxygens (including phenoxy) is 1. The summed E-state index contributed by atoms with van der Waals surface area (Å²) >= 11 is 1.74. The lowest BCUT2D eigenvalue weighted by atomic mass is 9.98. The third-order valence-electron chi connectivity index (χ3n) is 3.63. The number of thiazole rings is 1. The predicted molar refractivity (Wildman–Crippen MR) is 89.1 cm³/mol. The summed E-state index contributed by atoms with van der Waals surface area (Å²) in [5.74, 6) is 1.30. The van der Waals surface area contributed by atoms with E-state index in [1.807, 2.05) is 30.3 Å². The van der Waals surface area contributed by atoms with Crippen molar-refractivity contribution in [3.8, 4) is 5.75 Å². The molecule has 3 rings (SSSR count). The maximum absolute atomic E-state index is 5.74. The van der Waals surface area contributed by atoms with Gasteiger partial charge in [0.1, 0.15) is 5.75 Å². The molecule has 1 aromatic heterocycles. The van der Waals surface area contributed by atoms with Crippen LogP contribution in [0.1, 0.15) is 23.4 Å². The Morgan fingerprint density at radius 1 is 1.19 bits per heavy atom. The van der Waals surface area contributed by atoms with E-state index in [2.05, 4.69) is 19.1 Å². The molecule has 0 spiro atoms. The summed E-state index contributed by atoms with van der Waals surface area (Å²) in [4.78, 5) is 4.71. The quantitative estimate of drug-likeness (QED) is 0.733. The molecule has 0 aliphatic heterocycles. The van der Waals surface area contributed by atoms with Crippen molar-refractivity contribution in [2.24, 2.45) is 0 Å². The molecule has 1 unspecified atom stereocenters. The fourth-order valence-corrected chi connectivity index (χ4v) is 3.50. The van der Waals surface area contributed by atoms with Gasteiger partial charge in [0.05, 0.1) is 22.3 Å². The molecule has 3 aromatic rings. The van der Waals surface area contributed by atoms with E-state index in [-0.39, 0.29) is 0 Å². The second kappa shape index (κ2) is 5.74. The van der Waals surface area contributed by atoms with Crippen LogP contribution in [0.3, 0.4) is 0 Å². The Labute approximate surface area is 128 Å². The van der Waals surface area contributed by atoms with Gasteiger partial charge in [0.15, 0.2) is 0 Å². The number of fused-ring (bicyclic) bond motifs is 1. The lowest BCUT2D eigenvalue weighted by Crippen LogP contribution is -1.98. The average molecular weight is 298 g/mol. The molecule has 108 valence electrons.